The van der Waals surface area contributed by atoms with Gasteiger partial charge in [0, 0.05) is 58.4 Å². The van der Waals surface area contributed by atoms with Gasteiger partial charge < -0.3 is 8.98 Å². The highest BCUT2D eigenvalue weighted by Gasteiger charge is 2.26. The van der Waals surface area contributed by atoms with Crippen molar-refractivity contribution in [2.45, 2.75) is 0 Å². The molecule has 9 aromatic carbocycles. The van der Waals surface area contributed by atoms with Crippen LogP contribution < -0.4 is 0 Å². The molecule has 0 aliphatic heterocycles. The molecule has 282 valence electrons. The highest BCUT2D eigenvalue weighted by molar-refractivity contribution is 7.26. The molecule has 4 heterocycles. The Hall–Kier alpha value is -7.93. The maximum Gasteiger partial charge on any atom is 0.165 e. The summed E-state index contributed by atoms with van der Waals surface area (Å²) in [4.78, 5) is 15.7. The summed E-state index contributed by atoms with van der Waals surface area (Å²) in [5.41, 5.74) is 13.1. The molecule has 0 N–H and O–H groups in total. The van der Waals surface area contributed by atoms with Gasteiger partial charge in [-0.05, 0) is 75.5 Å². The molecular weight excluding hydrogens is 765 g/mol. The molecule has 0 radical (unpaired) electrons. The van der Waals surface area contributed by atoms with Crippen molar-refractivity contribution in [3.8, 4) is 62.1 Å². The third-order valence-electron chi connectivity index (χ3n) is 12.6. The summed E-state index contributed by atoms with van der Waals surface area (Å²) in [6, 6.07) is 64.8. The van der Waals surface area contributed by atoms with Gasteiger partial charge in [0.25, 0.3) is 0 Å². The maximum atomic E-state index is 6.31. The average Bonchev–Trinajstić information content (AvgIpc) is 3.99. The molecule has 0 atom stereocenters. The highest BCUT2D eigenvalue weighted by Crippen LogP contribution is 2.51. The van der Waals surface area contributed by atoms with Crippen LogP contribution >= 0.6 is 11.3 Å². The number of rotatable bonds is 4. The second-order valence-corrected chi connectivity index (χ2v) is 16.9. The second-order valence-electron chi connectivity index (χ2n) is 15.8. The van der Waals surface area contributed by atoms with E-state index in [4.69, 9.17) is 19.4 Å². The molecule has 0 bridgehead atoms. The molecule has 5 nitrogen and oxygen atoms in total. The van der Waals surface area contributed by atoms with Crippen LogP contribution in [-0.2, 0) is 0 Å². The van der Waals surface area contributed by atoms with E-state index in [1.165, 1.54) is 70.3 Å². The van der Waals surface area contributed by atoms with Crippen molar-refractivity contribution in [1.29, 1.82) is 0 Å². The van der Waals surface area contributed by atoms with Gasteiger partial charge in [-0.2, -0.15) is 0 Å². The molecule has 1 aliphatic carbocycles. The zero-order valence-corrected chi connectivity index (χ0v) is 33.2. The predicted octanol–water partition coefficient (Wildman–Crippen LogP) is 15.0. The zero-order chi connectivity index (χ0) is 39.8. The fourth-order valence-electron chi connectivity index (χ4n) is 10.1. The van der Waals surface area contributed by atoms with Crippen molar-refractivity contribution in [3.63, 3.8) is 0 Å². The van der Waals surface area contributed by atoms with E-state index in [0.29, 0.717) is 17.5 Å². The van der Waals surface area contributed by atoms with Crippen molar-refractivity contribution in [3.05, 3.63) is 182 Å². The lowest BCUT2D eigenvalue weighted by molar-refractivity contribution is 0.669. The maximum absolute atomic E-state index is 6.31. The number of benzene rings is 9. The Morgan fingerprint density at radius 2 is 1.00 bits per heavy atom. The van der Waals surface area contributed by atoms with Gasteiger partial charge in [-0.25, -0.2) is 15.0 Å². The minimum absolute atomic E-state index is 0.607. The Labute approximate surface area is 352 Å². The van der Waals surface area contributed by atoms with Gasteiger partial charge in [0.1, 0.15) is 11.2 Å². The molecule has 0 spiro atoms. The quantitative estimate of drug-likeness (QED) is 0.178. The first-order valence-electron chi connectivity index (χ1n) is 20.5. The smallest absolute Gasteiger partial charge is 0.165 e. The summed E-state index contributed by atoms with van der Waals surface area (Å²) in [6.07, 6.45) is 0. The number of thiophene rings is 1. The summed E-state index contributed by atoms with van der Waals surface area (Å²) in [5, 5.41) is 9.58. The Kier molecular flexibility index (Phi) is 6.65. The highest BCUT2D eigenvalue weighted by atomic mass is 32.1. The fraction of sp³-hybridized carbons (Fsp3) is 0. The molecule has 0 amide bonds. The molecule has 61 heavy (non-hydrogen) atoms. The van der Waals surface area contributed by atoms with Gasteiger partial charge in [0.2, 0.25) is 0 Å². The normalized spacial score (nSPS) is 12.3. The second kappa shape index (κ2) is 12.3. The van der Waals surface area contributed by atoms with Crippen LogP contribution in [0.1, 0.15) is 0 Å². The van der Waals surface area contributed by atoms with E-state index >= 15 is 0 Å². The van der Waals surface area contributed by atoms with Crippen LogP contribution in [0.2, 0.25) is 0 Å². The molecule has 13 aromatic rings. The van der Waals surface area contributed by atoms with Gasteiger partial charge in [-0.3, -0.25) is 0 Å². The summed E-state index contributed by atoms with van der Waals surface area (Å²) >= 11 is 1.80. The molecule has 6 heteroatoms. The monoisotopic (exact) mass is 794 g/mol. The number of fused-ring (bicyclic) bond motifs is 9. The molecule has 14 rings (SSSR count). The van der Waals surface area contributed by atoms with Crippen LogP contribution in [0.25, 0.3) is 137 Å². The Balaban J connectivity index is 1.04. The SMILES string of the molecule is c1ccc(-c2nc(-c3cccc4c3sc3cccc(-n5c6cccc7c6c6c8c(cccc8ccc65)-c5ccccc5-7)c34)nc(-c3cccc4oc5ccccc5c34)n2)cc1. The largest absolute Gasteiger partial charge is 0.456 e. The van der Waals surface area contributed by atoms with E-state index in [2.05, 4.69) is 138 Å². The summed E-state index contributed by atoms with van der Waals surface area (Å²) in [5.74, 6) is 1.86. The number of hydrogen-bond acceptors (Lipinski definition) is 5. The lowest BCUT2D eigenvalue weighted by Gasteiger charge is -2.14. The predicted molar refractivity (Wildman–Crippen MR) is 253 cm³/mol. The number of hydrogen-bond donors (Lipinski definition) is 0. The minimum Gasteiger partial charge on any atom is -0.456 e. The van der Waals surface area contributed by atoms with Crippen LogP contribution in [0.15, 0.2) is 186 Å². The first-order chi connectivity index (χ1) is 30.3. The van der Waals surface area contributed by atoms with E-state index < -0.39 is 0 Å². The lowest BCUT2D eigenvalue weighted by Crippen LogP contribution is -2.00. The van der Waals surface area contributed by atoms with E-state index in [-0.39, 0.29) is 0 Å². The third-order valence-corrected chi connectivity index (χ3v) is 13.8. The van der Waals surface area contributed by atoms with E-state index in [0.717, 1.165) is 49.0 Å². The van der Waals surface area contributed by atoms with Crippen LogP contribution in [0.5, 0.6) is 0 Å². The number of nitrogens with zero attached hydrogens (tertiary/aromatic N) is 4. The van der Waals surface area contributed by atoms with Crippen LogP contribution in [0, 0.1) is 0 Å². The topological polar surface area (TPSA) is 56.7 Å². The molecular formula is C55H30N4OS. The Morgan fingerprint density at radius 3 is 1.89 bits per heavy atom. The Morgan fingerprint density at radius 1 is 0.377 bits per heavy atom. The molecule has 0 fully saturated rings. The van der Waals surface area contributed by atoms with Gasteiger partial charge in [-0.15, -0.1) is 11.3 Å². The van der Waals surface area contributed by atoms with Gasteiger partial charge >= 0.3 is 0 Å². The van der Waals surface area contributed by atoms with Crippen molar-refractivity contribution in [2.75, 3.05) is 0 Å². The van der Waals surface area contributed by atoms with Crippen molar-refractivity contribution in [1.82, 2.24) is 19.5 Å². The van der Waals surface area contributed by atoms with Gasteiger partial charge in [-0.1, -0.05) is 140 Å². The van der Waals surface area contributed by atoms with Gasteiger partial charge in [0.05, 0.1) is 16.7 Å². The van der Waals surface area contributed by atoms with Crippen molar-refractivity contribution < 1.29 is 4.42 Å². The van der Waals surface area contributed by atoms with Crippen LogP contribution in [0.3, 0.4) is 0 Å². The minimum atomic E-state index is 0.607. The lowest BCUT2D eigenvalue weighted by atomic mass is 9.93. The standard InChI is InChI=1S/C55H30N4OS/c1-2-13-32(14-3-1)53-56-54(39-22-11-27-45-48(39)37-18-6-7-26-44(37)60-45)58-55(57-53)40-23-9-21-38-49-41(25-12-28-46(49)61-52(38)40)59-42-24-10-20-36-34-17-5-4-16-33(34)35-19-8-15-31-29-30-43(59)51(47(31)35)50(36)42/h1-30H. The van der Waals surface area contributed by atoms with Gasteiger partial charge in [0.15, 0.2) is 17.5 Å². The van der Waals surface area contributed by atoms with Crippen LogP contribution in [0.4, 0.5) is 0 Å². The van der Waals surface area contributed by atoms with E-state index in [1.807, 2.05) is 48.5 Å². The molecule has 0 saturated heterocycles. The average molecular weight is 795 g/mol. The van der Waals surface area contributed by atoms with Crippen molar-refractivity contribution in [2.24, 2.45) is 0 Å². The van der Waals surface area contributed by atoms with E-state index in [9.17, 15) is 0 Å². The summed E-state index contributed by atoms with van der Waals surface area (Å²) in [6.45, 7) is 0. The molecule has 4 aromatic heterocycles. The fourth-order valence-corrected chi connectivity index (χ4v) is 11.3. The van der Waals surface area contributed by atoms with Crippen molar-refractivity contribution >= 4 is 86.0 Å². The number of aromatic nitrogens is 4. The molecule has 0 saturated carbocycles. The van der Waals surface area contributed by atoms with Crippen LogP contribution in [-0.4, -0.2) is 19.5 Å². The molecule has 1 aliphatic rings. The third kappa shape index (κ3) is 4.57. The number of furan rings is 1. The molecule has 0 unspecified atom stereocenters. The summed E-state index contributed by atoms with van der Waals surface area (Å²) < 4.78 is 11.2. The zero-order valence-electron chi connectivity index (χ0n) is 32.4. The van der Waals surface area contributed by atoms with E-state index in [1.54, 1.807) is 11.3 Å². The Bertz CT molecular complexity index is 4010. The number of para-hydroxylation sites is 1. The first-order valence-corrected chi connectivity index (χ1v) is 21.3. The summed E-state index contributed by atoms with van der Waals surface area (Å²) in [7, 11) is 0. The first kappa shape index (κ1) is 33.0.